The van der Waals surface area contributed by atoms with Crippen LogP contribution in [0.1, 0.15) is 83.6 Å². The van der Waals surface area contributed by atoms with Gasteiger partial charge in [-0.25, -0.2) is 14.8 Å². The zero-order chi connectivity index (χ0) is 39.5. The molecule has 278 valence electrons. The zero-order valence-electron chi connectivity index (χ0n) is 31.0. The average molecular weight is 749 g/mol. The molecule has 15 nitrogen and oxygen atoms in total. The van der Waals surface area contributed by atoms with E-state index < -0.39 is 29.0 Å². The molecule has 4 heterocycles. The number of rotatable bonds is 9. The number of carbonyl (C=O) groups excluding carboxylic acids is 4. The zero-order valence-corrected chi connectivity index (χ0v) is 31.0. The van der Waals surface area contributed by atoms with E-state index in [1.54, 1.807) is 45.0 Å². The third-order valence-corrected chi connectivity index (χ3v) is 9.72. The lowest BCUT2D eigenvalue weighted by Gasteiger charge is -2.26. The van der Waals surface area contributed by atoms with E-state index in [1.807, 2.05) is 48.5 Å². The van der Waals surface area contributed by atoms with E-state index in [0.717, 1.165) is 20.9 Å². The van der Waals surface area contributed by atoms with Crippen LogP contribution in [-0.2, 0) is 5.41 Å². The van der Waals surface area contributed by atoms with Crippen LogP contribution in [0.5, 0.6) is 29.0 Å². The number of fused-ring (bicyclic) bond motifs is 2. The Balaban J connectivity index is 0.936. The van der Waals surface area contributed by atoms with Crippen LogP contribution in [-0.4, -0.2) is 60.9 Å². The fourth-order valence-corrected chi connectivity index (χ4v) is 6.42. The lowest BCUT2D eigenvalue weighted by molar-refractivity contribution is 0.0907. The minimum absolute atomic E-state index is 0.00625. The molecule has 0 radical (unpaired) electrons. The molecule has 0 atom stereocenters. The van der Waals surface area contributed by atoms with Crippen molar-refractivity contribution in [2.75, 3.05) is 16.9 Å². The van der Waals surface area contributed by atoms with Gasteiger partial charge < -0.3 is 14.2 Å². The Morgan fingerprint density at radius 2 is 0.964 bits per heavy atom. The number of anilines is 2. The highest BCUT2D eigenvalue weighted by molar-refractivity contribution is 6.34. The molecule has 2 aromatic heterocycles. The van der Waals surface area contributed by atoms with E-state index in [4.69, 9.17) is 14.2 Å². The van der Waals surface area contributed by atoms with Crippen molar-refractivity contribution >= 4 is 35.5 Å². The van der Waals surface area contributed by atoms with Gasteiger partial charge >= 0.3 is 6.01 Å². The molecular weight excluding hydrogens is 716 g/mol. The molecular formula is C41H32N8O7. The summed E-state index contributed by atoms with van der Waals surface area (Å²) in [5.74, 6) is -0.235. The second kappa shape index (κ2) is 13.5. The van der Waals surface area contributed by atoms with E-state index in [1.165, 1.54) is 19.2 Å². The van der Waals surface area contributed by atoms with Crippen molar-refractivity contribution in [2.45, 2.75) is 40.0 Å². The number of ether oxygens (including phenoxy) is 3. The SMILES string of the molecule is COc1nc(C)nc(N2C(=O)c3ccc(Oc4ccc(C(C)(C)c5ccc(Oc6ccc7c(c6)C(=O)N(c6nnc(C)c(C)n6)C7=O)cc5)cc4)cc3C2=O)n1. The van der Waals surface area contributed by atoms with Gasteiger partial charge in [0.15, 0.2) is 0 Å². The first kappa shape index (κ1) is 35.6. The Kier molecular flexibility index (Phi) is 8.56. The minimum Gasteiger partial charge on any atom is -0.467 e. The first-order valence-electron chi connectivity index (χ1n) is 17.4. The van der Waals surface area contributed by atoms with E-state index in [0.29, 0.717) is 40.2 Å². The Hall–Kier alpha value is -7.42. The number of aryl methyl sites for hydroxylation is 3. The van der Waals surface area contributed by atoms with Crippen molar-refractivity contribution in [3.63, 3.8) is 0 Å². The molecule has 0 saturated heterocycles. The van der Waals surface area contributed by atoms with Gasteiger partial charge in [0.2, 0.25) is 5.95 Å². The lowest BCUT2D eigenvalue weighted by Crippen LogP contribution is -2.31. The minimum atomic E-state index is -0.579. The fourth-order valence-electron chi connectivity index (χ4n) is 6.42. The Morgan fingerprint density at radius 3 is 1.45 bits per heavy atom. The quantitative estimate of drug-likeness (QED) is 0.146. The molecule has 0 unspecified atom stereocenters. The van der Waals surface area contributed by atoms with Gasteiger partial charge in [0, 0.05) is 5.41 Å². The molecule has 15 heteroatoms. The molecule has 2 aliphatic rings. The summed E-state index contributed by atoms with van der Waals surface area (Å²) in [6.07, 6.45) is 0. The summed E-state index contributed by atoms with van der Waals surface area (Å²) < 4.78 is 17.3. The highest BCUT2D eigenvalue weighted by Gasteiger charge is 2.40. The monoisotopic (exact) mass is 748 g/mol. The smallest absolute Gasteiger partial charge is 0.321 e. The summed E-state index contributed by atoms with van der Waals surface area (Å²) in [6.45, 7) is 9.29. The number of amides is 4. The summed E-state index contributed by atoms with van der Waals surface area (Å²) in [4.78, 5) is 71.2. The normalized spacial score (nSPS) is 13.6. The maximum absolute atomic E-state index is 13.3. The van der Waals surface area contributed by atoms with Gasteiger partial charge in [-0.05, 0) is 92.6 Å². The number of carbonyl (C=O) groups is 4. The largest absolute Gasteiger partial charge is 0.467 e. The number of hydrogen-bond donors (Lipinski definition) is 0. The van der Waals surface area contributed by atoms with E-state index in [-0.39, 0.29) is 40.2 Å². The number of imide groups is 2. The van der Waals surface area contributed by atoms with Gasteiger partial charge in [-0.2, -0.15) is 20.1 Å². The Labute approximate surface area is 320 Å². The Morgan fingerprint density at radius 1 is 0.500 bits per heavy atom. The van der Waals surface area contributed by atoms with Crippen LogP contribution in [0.25, 0.3) is 0 Å². The molecule has 2 aliphatic heterocycles. The molecule has 0 spiro atoms. The summed E-state index contributed by atoms with van der Waals surface area (Å²) in [5, 5.41) is 7.96. The molecule has 0 bridgehead atoms. The number of aromatic nitrogens is 6. The summed E-state index contributed by atoms with van der Waals surface area (Å²) in [5.41, 5.74) is 3.61. The third kappa shape index (κ3) is 6.14. The second-order valence-electron chi connectivity index (χ2n) is 13.6. The number of hydrogen-bond acceptors (Lipinski definition) is 13. The van der Waals surface area contributed by atoms with Crippen LogP contribution >= 0.6 is 0 Å². The molecule has 56 heavy (non-hydrogen) atoms. The van der Waals surface area contributed by atoms with Crippen molar-refractivity contribution in [3.8, 4) is 29.0 Å². The molecule has 4 aromatic carbocycles. The van der Waals surface area contributed by atoms with Crippen molar-refractivity contribution in [1.82, 2.24) is 30.1 Å². The molecule has 4 amide bonds. The van der Waals surface area contributed by atoms with Gasteiger partial charge in [0.05, 0.1) is 40.8 Å². The van der Waals surface area contributed by atoms with E-state index >= 15 is 0 Å². The molecule has 0 fully saturated rings. The topological polar surface area (TPSA) is 180 Å². The average Bonchev–Trinajstić information content (AvgIpc) is 3.58. The first-order chi connectivity index (χ1) is 26.8. The maximum atomic E-state index is 13.3. The van der Waals surface area contributed by atoms with Crippen molar-refractivity contribution < 1.29 is 33.4 Å². The van der Waals surface area contributed by atoms with Crippen molar-refractivity contribution in [3.05, 3.63) is 136 Å². The molecule has 0 N–H and O–H groups in total. The molecule has 0 saturated carbocycles. The number of methoxy groups -OCH3 is 1. The molecule has 6 aromatic rings. The van der Waals surface area contributed by atoms with Gasteiger partial charge in [0.1, 0.15) is 28.8 Å². The predicted octanol–water partition coefficient (Wildman–Crippen LogP) is 6.50. The highest BCUT2D eigenvalue weighted by Crippen LogP contribution is 2.37. The number of benzene rings is 4. The van der Waals surface area contributed by atoms with E-state index in [9.17, 15) is 19.2 Å². The van der Waals surface area contributed by atoms with E-state index in [2.05, 4.69) is 44.0 Å². The summed E-state index contributed by atoms with van der Waals surface area (Å²) in [7, 11) is 1.39. The standard InChI is InChI=1S/C41H32N8O7/c1-21-22(2)46-47-39(42-21)49-35(51)31-18-16-29(20-33(31)37(49)53)56-27-13-9-25(10-14-27)41(4,5)24-7-11-26(12-8-24)55-28-15-17-30-32(19-28)36(52)48(34(30)50)38-43-23(3)44-40(45-38)54-6/h7-20H,1-6H3. The van der Waals surface area contributed by atoms with Gasteiger partial charge in [-0.15, -0.1) is 5.10 Å². The van der Waals surface area contributed by atoms with Crippen molar-refractivity contribution in [1.29, 1.82) is 0 Å². The highest BCUT2D eigenvalue weighted by atomic mass is 16.5. The fraction of sp³-hybridized carbons (Fsp3) is 0.171. The van der Waals surface area contributed by atoms with Gasteiger partial charge in [-0.3, -0.25) is 19.2 Å². The first-order valence-corrected chi connectivity index (χ1v) is 17.4. The van der Waals surface area contributed by atoms with Crippen LogP contribution in [0.4, 0.5) is 11.9 Å². The van der Waals surface area contributed by atoms with Crippen LogP contribution in [0.15, 0.2) is 84.9 Å². The second-order valence-corrected chi connectivity index (χ2v) is 13.6. The lowest BCUT2D eigenvalue weighted by atomic mass is 9.78. The maximum Gasteiger partial charge on any atom is 0.321 e. The molecule has 8 rings (SSSR count). The summed E-state index contributed by atoms with van der Waals surface area (Å²) in [6, 6.07) is 24.6. The van der Waals surface area contributed by atoms with Crippen LogP contribution in [0, 0.1) is 20.8 Å². The van der Waals surface area contributed by atoms with Gasteiger partial charge in [-0.1, -0.05) is 38.1 Å². The van der Waals surface area contributed by atoms with Crippen molar-refractivity contribution in [2.24, 2.45) is 0 Å². The number of nitrogens with zero attached hydrogens (tertiary/aromatic N) is 8. The van der Waals surface area contributed by atoms with Gasteiger partial charge in [0.25, 0.3) is 29.6 Å². The van der Waals surface area contributed by atoms with Crippen LogP contribution in [0.2, 0.25) is 0 Å². The molecule has 0 aliphatic carbocycles. The van der Waals surface area contributed by atoms with Crippen LogP contribution in [0.3, 0.4) is 0 Å². The van der Waals surface area contributed by atoms with Crippen LogP contribution < -0.4 is 24.0 Å². The third-order valence-electron chi connectivity index (χ3n) is 9.72. The Bertz CT molecular complexity index is 2630. The predicted molar refractivity (Wildman–Crippen MR) is 201 cm³/mol. The summed E-state index contributed by atoms with van der Waals surface area (Å²) >= 11 is 0.